The number of hydrogen-bond acceptors (Lipinski definition) is 1. The Balaban J connectivity index is 4.19. The van der Waals surface area contributed by atoms with Gasteiger partial charge in [0, 0.05) is 14.1 Å². The third kappa shape index (κ3) is 1.99. The van der Waals surface area contributed by atoms with Crippen molar-refractivity contribution in [1.82, 2.24) is 4.90 Å². The molecule has 3 nitrogen and oxygen atoms in total. The van der Waals surface area contributed by atoms with Crippen molar-refractivity contribution in [3.05, 3.63) is 0 Å². The lowest BCUT2D eigenvalue weighted by Gasteiger charge is -2.23. The molecule has 0 aromatic heterocycles. The van der Waals surface area contributed by atoms with Crippen LogP contribution in [0.3, 0.4) is 0 Å². The summed E-state index contributed by atoms with van der Waals surface area (Å²) in [6.45, 7) is 2.95. The topological polar surface area (TPSA) is 40.2 Å². The summed E-state index contributed by atoms with van der Waals surface area (Å²) in [5.41, 5.74) is -0.747. The highest BCUT2D eigenvalue weighted by Gasteiger charge is 2.28. The van der Waals surface area contributed by atoms with Gasteiger partial charge in [-0.05, 0) is 13.8 Å². The summed E-state index contributed by atoms with van der Waals surface area (Å²) in [4.78, 5) is 12.6. The SMILES string of the molecule is CN(C)C(=O)C(C)(C)C[O]. The fraction of sp³-hybridized carbons (Fsp3) is 0.857. The zero-order valence-electron chi connectivity index (χ0n) is 6.97. The molecule has 1 amide bonds. The van der Waals surface area contributed by atoms with Crippen molar-refractivity contribution < 1.29 is 9.90 Å². The molecule has 0 aliphatic rings. The Morgan fingerprint density at radius 3 is 1.90 bits per heavy atom. The van der Waals surface area contributed by atoms with Crippen LogP contribution in [0.25, 0.3) is 0 Å². The minimum absolute atomic E-state index is 0.109. The van der Waals surface area contributed by atoms with E-state index in [4.69, 9.17) is 0 Å². The van der Waals surface area contributed by atoms with Crippen molar-refractivity contribution in [2.45, 2.75) is 13.8 Å². The molecule has 0 aromatic carbocycles. The van der Waals surface area contributed by atoms with Crippen LogP contribution in [0.15, 0.2) is 0 Å². The molecule has 0 spiro atoms. The second kappa shape index (κ2) is 3.01. The molecule has 0 fully saturated rings. The quantitative estimate of drug-likeness (QED) is 0.557. The van der Waals surface area contributed by atoms with Gasteiger partial charge in [-0.1, -0.05) is 0 Å². The Hall–Kier alpha value is -0.570. The molecule has 0 aliphatic carbocycles. The number of carbonyl (C=O) groups is 1. The van der Waals surface area contributed by atoms with Gasteiger partial charge in [0.1, 0.15) is 0 Å². The molecule has 10 heavy (non-hydrogen) atoms. The van der Waals surface area contributed by atoms with E-state index in [1.165, 1.54) is 4.90 Å². The van der Waals surface area contributed by atoms with E-state index in [0.29, 0.717) is 0 Å². The largest absolute Gasteiger partial charge is 0.348 e. The van der Waals surface area contributed by atoms with Crippen LogP contribution in [-0.4, -0.2) is 31.5 Å². The van der Waals surface area contributed by atoms with Gasteiger partial charge < -0.3 is 4.90 Å². The Bertz CT molecular complexity index is 130. The van der Waals surface area contributed by atoms with Crippen LogP contribution in [-0.2, 0) is 9.90 Å². The summed E-state index contributed by atoms with van der Waals surface area (Å²) in [5, 5.41) is 10.4. The van der Waals surface area contributed by atoms with Gasteiger partial charge in [0.2, 0.25) is 5.91 Å². The molecule has 0 aromatic rings. The van der Waals surface area contributed by atoms with Crippen LogP contribution in [0.5, 0.6) is 0 Å². The van der Waals surface area contributed by atoms with E-state index in [0.717, 1.165) is 0 Å². The lowest BCUT2D eigenvalue weighted by molar-refractivity contribution is -0.140. The molecule has 0 unspecified atom stereocenters. The first-order valence-corrected chi connectivity index (χ1v) is 3.21. The molecule has 0 rings (SSSR count). The monoisotopic (exact) mass is 144 g/mol. The molecular formula is C7H14NO2. The predicted octanol–water partition coefficient (Wildman–Crippen LogP) is 0.531. The maximum atomic E-state index is 11.1. The highest BCUT2D eigenvalue weighted by atomic mass is 16.3. The lowest BCUT2D eigenvalue weighted by atomic mass is 9.93. The Kier molecular flexibility index (Phi) is 2.84. The fourth-order valence-electron chi connectivity index (χ4n) is 0.667. The Labute approximate surface area is 61.6 Å². The average Bonchev–Trinajstić information content (AvgIpc) is 1.86. The van der Waals surface area contributed by atoms with E-state index in [9.17, 15) is 9.90 Å². The minimum Gasteiger partial charge on any atom is -0.348 e. The van der Waals surface area contributed by atoms with Crippen molar-refractivity contribution in [3.63, 3.8) is 0 Å². The summed E-state index contributed by atoms with van der Waals surface area (Å²) >= 11 is 0. The third-order valence-electron chi connectivity index (χ3n) is 1.35. The van der Waals surface area contributed by atoms with Crippen LogP contribution < -0.4 is 0 Å². The standard InChI is InChI=1S/C7H14NO2/c1-7(2,5-9)6(10)8(3)4/h5H2,1-4H3. The minimum atomic E-state index is -0.747. The zero-order chi connectivity index (χ0) is 8.36. The maximum absolute atomic E-state index is 11.1. The summed E-state index contributed by atoms with van der Waals surface area (Å²) in [5.74, 6) is -0.109. The predicted molar refractivity (Wildman–Crippen MR) is 38.0 cm³/mol. The number of amides is 1. The smallest absolute Gasteiger partial charge is 0.230 e. The molecule has 0 atom stereocenters. The van der Waals surface area contributed by atoms with E-state index in [2.05, 4.69) is 0 Å². The van der Waals surface area contributed by atoms with Gasteiger partial charge >= 0.3 is 0 Å². The zero-order valence-corrected chi connectivity index (χ0v) is 6.97. The fourth-order valence-corrected chi connectivity index (χ4v) is 0.667. The van der Waals surface area contributed by atoms with Crippen LogP contribution >= 0.6 is 0 Å². The second-order valence-electron chi connectivity index (χ2n) is 3.23. The Morgan fingerprint density at radius 2 is 1.80 bits per heavy atom. The van der Waals surface area contributed by atoms with Crippen molar-refractivity contribution >= 4 is 5.91 Å². The molecule has 0 saturated heterocycles. The van der Waals surface area contributed by atoms with Gasteiger partial charge in [-0.25, -0.2) is 5.11 Å². The van der Waals surface area contributed by atoms with Crippen molar-refractivity contribution in [3.8, 4) is 0 Å². The number of nitrogens with zero attached hydrogens (tertiary/aromatic N) is 1. The first-order valence-electron chi connectivity index (χ1n) is 3.21. The first-order chi connectivity index (χ1) is 4.41. The summed E-state index contributed by atoms with van der Waals surface area (Å²) in [6.07, 6.45) is 0. The van der Waals surface area contributed by atoms with Crippen LogP contribution in [0, 0.1) is 5.41 Å². The summed E-state index contributed by atoms with van der Waals surface area (Å²) in [7, 11) is 3.31. The maximum Gasteiger partial charge on any atom is 0.230 e. The van der Waals surface area contributed by atoms with Gasteiger partial charge in [0.25, 0.3) is 0 Å². The van der Waals surface area contributed by atoms with Gasteiger partial charge in [0.15, 0.2) is 0 Å². The molecule has 0 saturated carbocycles. The second-order valence-corrected chi connectivity index (χ2v) is 3.23. The van der Waals surface area contributed by atoms with Crippen molar-refractivity contribution in [2.75, 3.05) is 20.7 Å². The average molecular weight is 144 g/mol. The molecule has 1 radical (unpaired) electrons. The van der Waals surface area contributed by atoms with E-state index < -0.39 is 5.41 Å². The normalized spacial score (nSPS) is 11.3. The van der Waals surface area contributed by atoms with E-state index in [1.54, 1.807) is 27.9 Å². The third-order valence-corrected chi connectivity index (χ3v) is 1.35. The van der Waals surface area contributed by atoms with Crippen LogP contribution in [0.2, 0.25) is 0 Å². The number of rotatable bonds is 2. The molecular weight excluding hydrogens is 130 g/mol. The van der Waals surface area contributed by atoms with Crippen molar-refractivity contribution in [1.29, 1.82) is 0 Å². The van der Waals surface area contributed by atoms with Crippen molar-refractivity contribution in [2.24, 2.45) is 5.41 Å². The van der Waals surface area contributed by atoms with E-state index in [1.807, 2.05) is 0 Å². The van der Waals surface area contributed by atoms with E-state index in [-0.39, 0.29) is 12.5 Å². The highest BCUT2D eigenvalue weighted by molar-refractivity contribution is 5.81. The van der Waals surface area contributed by atoms with Crippen LogP contribution in [0.4, 0.5) is 0 Å². The molecule has 0 bridgehead atoms. The summed E-state index contributed by atoms with van der Waals surface area (Å²) in [6, 6.07) is 0. The molecule has 3 heteroatoms. The summed E-state index contributed by atoms with van der Waals surface area (Å²) < 4.78 is 0. The molecule has 59 valence electrons. The number of carbonyl (C=O) groups excluding carboxylic acids is 1. The van der Waals surface area contributed by atoms with E-state index >= 15 is 0 Å². The molecule has 0 heterocycles. The van der Waals surface area contributed by atoms with Gasteiger partial charge in [-0.3, -0.25) is 4.79 Å². The van der Waals surface area contributed by atoms with Crippen LogP contribution in [0.1, 0.15) is 13.8 Å². The Morgan fingerprint density at radius 1 is 1.40 bits per heavy atom. The van der Waals surface area contributed by atoms with Gasteiger partial charge in [0.05, 0.1) is 12.0 Å². The highest BCUT2D eigenvalue weighted by Crippen LogP contribution is 2.15. The lowest BCUT2D eigenvalue weighted by Crippen LogP contribution is -2.38. The van der Waals surface area contributed by atoms with Gasteiger partial charge in [-0.2, -0.15) is 0 Å². The number of hydrogen-bond donors (Lipinski definition) is 0. The first kappa shape index (κ1) is 9.43. The van der Waals surface area contributed by atoms with Gasteiger partial charge in [-0.15, -0.1) is 0 Å². The molecule has 0 aliphatic heterocycles. The molecule has 0 N–H and O–H groups in total.